The van der Waals surface area contributed by atoms with Crippen LogP contribution in [0.3, 0.4) is 0 Å². The first-order valence-corrected chi connectivity index (χ1v) is 6.15. The van der Waals surface area contributed by atoms with Crippen LogP contribution in [-0.2, 0) is 9.47 Å². The number of nitrogens with one attached hydrogen (secondary N) is 2. The standard InChI is InChI=1S/C13H13FN6O2/c1-21-13(22-2)10-5-9(14)3-4-11(10)16-7-8(6-15)12-17-19-20-18-12/h3-5,7,13,16H,1-2H3,(H,17,18,19,20). The van der Waals surface area contributed by atoms with Crippen LogP contribution in [0.15, 0.2) is 24.4 Å². The molecular formula is C13H13FN6O2. The van der Waals surface area contributed by atoms with Crippen molar-refractivity contribution in [2.75, 3.05) is 19.5 Å². The predicted molar refractivity (Wildman–Crippen MR) is 74.5 cm³/mol. The van der Waals surface area contributed by atoms with Crippen molar-refractivity contribution in [3.8, 4) is 6.07 Å². The smallest absolute Gasteiger partial charge is 0.216 e. The van der Waals surface area contributed by atoms with Crippen molar-refractivity contribution in [1.29, 1.82) is 5.26 Å². The summed E-state index contributed by atoms with van der Waals surface area (Å²) in [5.74, 6) is -0.281. The molecule has 0 saturated heterocycles. The van der Waals surface area contributed by atoms with Crippen LogP contribution in [0.2, 0.25) is 0 Å². The lowest BCUT2D eigenvalue weighted by molar-refractivity contribution is -0.105. The lowest BCUT2D eigenvalue weighted by Crippen LogP contribution is -2.07. The molecule has 0 atom stereocenters. The first-order chi connectivity index (χ1) is 10.7. The van der Waals surface area contributed by atoms with Gasteiger partial charge in [-0.2, -0.15) is 10.5 Å². The zero-order chi connectivity index (χ0) is 15.9. The van der Waals surface area contributed by atoms with Gasteiger partial charge >= 0.3 is 0 Å². The zero-order valence-corrected chi connectivity index (χ0v) is 11.9. The topological polar surface area (TPSA) is 109 Å². The Morgan fingerprint density at radius 1 is 1.45 bits per heavy atom. The fraction of sp³-hybridized carbons (Fsp3) is 0.231. The van der Waals surface area contributed by atoms with Crippen LogP contribution in [0, 0.1) is 17.1 Å². The van der Waals surface area contributed by atoms with Gasteiger partial charge < -0.3 is 14.8 Å². The number of halogens is 1. The second kappa shape index (κ2) is 7.26. The second-order valence-electron chi connectivity index (χ2n) is 4.08. The SMILES string of the molecule is COC(OC)c1cc(F)ccc1NC=C(C#N)c1nn[nH]n1. The molecule has 0 aliphatic carbocycles. The van der Waals surface area contributed by atoms with Crippen LogP contribution in [0.25, 0.3) is 5.57 Å². The summed E-state index contributed by atoms with van der Waals surface area (Å²) in [6.07, 6.45) is 0.645. The highest BCUT2D eigenvalue weighted by Crippen LogP contribution is 2.27. The predicted octanol–water partition coefficient (Wildman–Crippen LogP) is 1.61. The van der Waals surface area contributed by atoms with E-state index >= 15 is 0 Å². The van der Waals surface area contributed by atoms with Crippen LogP contribution in [-0.4, -0.2) is 34.8 Å². The Morgan fingerprint density at radius 3 is 2.82 bits per heavy atom. The highest BCUT2D eigenvalue weighted by molar-refractivity contribution is 5.74. The number of tetrazole rings is 1. The lowest BCUT2D eigenvalue weighted by atomic mass is 10.1. The molecule has 22 heavy (non-hydrogen) atoms. The van der Waals surface area contributed by atoms with Crippen LogP contribution in [0.4, 0.5) is 10.1 Å². The molecule has 2 N–H and O–H groups in total. The van der Waals surface area contributed by atoms with Crippen LogP contribution in [0.1, 0.15) is 17.7 Å². The summed E-state index contributed by atoms with van der Waals surface area (Å²) in [5.41, 5.74) is 1.13. The van der Waals surface area contributed by atoms with E-state index in [1.165, 1.54) is 38.6 Å². The molecule has 9 heteroatoms. The van der Waals surface area contributed by atoms with Gasteiger partial charge in [-0.3, -0.25) is 0 Å². The van der Waals surface area contributed by atoms with Crippen molar-refractivity contribution >= 4 is 11.3 Å². The molecule has 1 aromatic heterocycles. The van der Waals surface area contributed by atoms with E-state index in [0.29, 0.717) is 11.3 Å². The van der Waals surface area contributed by atoms with Crippen LogP contribution < -0.4 is 5.32 Å². The molecule has 0 radical (unpaired) electrons. The number of rotatable bonds is 6. The summed E-state index contributed by atoms with van der Waals surface area (Å²) in [4.78, 5) is 0. The monoisotopic (exact) mass is 304 g/mol. The van der Waals surface area contributed by atoms with Gasteiger partial charge in [0.05, 0.1) is 0 Å². The molecule has 114 valence electrons. The van der Waals surface area contributed by atoms with Gasteiger partial charge in [-0.15, -0.1) is 10.2 Å². The summed E-state index contributed by atoms with van der Waals surface area (Å²) in [6, 6.07) is 6.02. The summed E-state index contributed by atoms with van der Waals surface area (Å²) < 4.78 is 23.7. The van der Waals surface area contributed by atoms with Crippen molar-refractivity contribution in [1.82, 2.24) is 20.6 Å². The maximum atomic E-state index is 13.4. The Bertz CT molecular complexity index is 691. The molecule has 0 fully saturated rings. The summed E-state index contributed by atoms with van der Waals surface area (Å²) >= 11 is 0. The van der Waals surface area contributed by atoms with Crippen LogP contribution in [0.5, 0.6) is 0 Å². The Morgan fingerprint density at radius 2 is 2.23 bits per heavy atom. The van der Waals surface area contributed by atoms with Gasteiger partial charge in [0.1, 0.15) is 17.5 Å². The van der Waals surface area contributed by atoms with Gasteiger partial charge in [0, 0.05) is 31.7 Å². The van der Waals surface area contributed by atoms with Crippen molar-refractivity contribution in [2.24, 2.45) is 0 Å². The Labute approximate surface area is 125 Å². The molecular weight excluding hydrogens is 291 g/mol. The maximum Gasteiger partial charge on any atom is 0.216 e. The summed E-state index contributed by atoms with van der Waals surface area (Å²) in [6.45, 7) is 0. The van der Waals surface area contributed by atoms with E-state index < -0.39 is 12.1 Å². The molecule has 0 aliphatic rings. The van der Waals surface area contributed by atoms with Gasteiger partial charge in [-0.05, 0) is 23.4 Å². The largest absolute Gasteiger partial charge is 0.360 e. The number of hydrogen-bond donors (Lipinski definition) is 2. The highest BCUT2D eigenvalue weighted by atomic mass is 19.1. The fourth-order valence-electron chi connectivity index (χ4n) is 1.78. The first-order valence-electron chi connectivity index (χ1n) is 6.15. The Hall–Kier alpha value is -2.83. The molecule has 0 aliphatic heterocycles. The number of ether oxygens (including phenoxy) is 2. The molecule has 0 bridgehead atoms. The minimum Gasteiger partial charge on any atom is -0.360 e. The summed E-state index contributed by atoms with van der Waals surface area (Å²) in [7, 11) is 2.89. The third kappa shape index (κ3) is 3.43. The Kier molecular flexibility index (Phi) is 5.13. The number of hydrogen-bond acceptors (Lipinski definition) is 7. The normalized spacial score (nSPS) is 11.5. The number of benzene rings is 1. The Balaban J connectivity index is 2.31. The molecule has 1 aromatic carbocycles. The van der Waals surface area contributed by atoms with Gasteiger partial charge in [-0.25, -0.2) is 4.39 Å². The number of H-pyrrole nitrogens is 1. The number of aromatic nitrogens is 4. The van der Waals surface area contributed by atoms with Gasteiger partial charge in [-0.1, -0.05) is 0 Å². The number of anilines is 1. The number of allylic oxidation sites excluding steroid dienone is 1. The fourth-order valence-corrected chi connectivity index (χ4v) is 1.78. The maximum absolute atomic E-state index is 13.4. The average Bonchev–Trinajstić information content (AvgIpc) is 3.05. The van der Waals surface area contributed by atoms with E-state index in [-0.39, 0.29) is 11.4 Å². The van der Waals surface area contributed by atoms with Gasteiger partial charge in [0.25, 0.3) is 0 Å². The lowest BCUT2D eigenvalue weighted by Gasteiger charge is -2.17. The molecule has 2 aromatic rings. The van der Waals surface area contributed by atoms with Crippen molar-refractivity contribution < 1.29 is 13.9 Å². The van der Waals surface area contributed by atoms with Crippen LogP contribution >= 0.6 is 0 Å². The minimum atomic E-state index is -0.748. The van der Waals surface area contributed by atoms with E-state index in [1.54, 1.807) is 0 Å². The summed E-state index contributed by atoms with van der Waals surface area (Å²) in [5, 5.41) is 25.1. The number of aromatic amines is 1. The second-order valence-corrected chi connectivity index (χ2v) is 4.08. The molecule has 2 rings (SSSR count). The van der Waals surface area contributed by atoms with Gasteiger partial charge in [0.15, 0.2) is 6.29 Å². The first kappa shape index (κ1) is 15.6. The number of nitriles is 1. The van der Waals surface area contributed by atoms with Gasteiger partial charge in [0.2, 0.25) is 5.82 Å². The molecule has 1 heterocycles. The average molecular weight is 304 g/mol. The van der Waals surface area contributed by atoms with E-state index in [4.69, 9.17) is 14.7 Å². The third-order valence-electron chi connectivity index (χ3n) is 2.77. The molecule has 0 spiro atoms. The number of methoxy groups -OCH3 is 2. The van der Waals surface area contributed by atoms with E-state index in [9.17, 15) is 4.39 Å². The van der Waals surface area contributed by atoms with Crippen molar-refractivity contribution in [2.45, 2.75) is 6.29 Å². The quantitative estimate of drug-likeness (QED) is 0.616. The third-order valence-corrected chi connectivity index (χ3v) is 2.77. The highest BCUT2D eigenvalue weighted by Gasteiger charge is 2.15. The molecule has 0 amide bonds. The molecule has 8 nitrogen and oxygen atoms in total. The number of nitrogens with zero attached hydrogens (tertiary/aromatic N) is 4. The zero-order valence-electron chi connectivity index (χ0n) is 11.9. The molecule has 0 saturated carbocycles. The van der Waals surface area contributed by atoms with Crippen molar-refractivity contribution in [3.63, 3.8) is 0 Å². The van der Waals surface area contributed by atoms with Crippen molar-refractivity contribution in [3.05, 3.63) is 41.6 Å². The van der Waals surface area contributed by atoms with E-state index in [2.05, 4.69) is 25.9 Å². The van der Waals surface area contributed by atoms with E-state index in [0.717, 1.165) is 0 Å². The molecule has 0 unspecified atom stereocenters. The van der Waals surface area contributed by atoms with E-state index in [1.807, 2.05) is 6.07 Å². The minimum absolute atomic E-state index is 0.147.